The summed E-state index contributed by atoms with van der Waals surface area (Å²) in [6.07, 6.45) is 4.67. The monoisotopic (exact) mass is 279 g/mol. The molecule has 0 heterocycles. The minimum atomic E-state index is 0.451. The summed E-state index contributed by atoms with van der Waals surface area (Å²) in [5, 5.41) is 3.88. The Morgan fingerprint density at radius 2 is 1.81 bits per heavy atom. The van der Waals surface area contributed by atoms with Crippen molar-refractivity contribution in [2.45, 2.75) is 51.6 Å². The summed E-state index contributed by atoms with van der Waals surface area (Å²) in [6.45, 7) is 4.48. The van der Waals surface area contributed by atoms with E-state index in [1.54, 1.807) is 0 Å². The number of fused-ring (bicyclic) bond motifs is 1. The van der Waals surface area contributed by atoms with Crippen molar-refractivity contribution in [2.75, 3.05) is 0 Å². The quantitative estimate of drug-likeness (QED) is 0.814. The maximum atomic E-state index is 3.88. The minimum absolute atomic E-state index is 0.451. The van der Waals surface area contributed by atoms with Gasteiger partial charge >= 0.3 is 0 Å². The molecule has 1 heteroatoms. The number of benzene rings is 2. The van der Waals surface area contributed by atoms with Gasteiger partial charge in [0.25, 0.3) is 0 Å². The Balaban J connectivity index is 1.76. The zero-order valence-corrected chi connectivity index (χ0v) is 13.1. The van der Waals surface area contributed by atoms with Crippen molar-refractivity contribution in [1.82, 2.24) is 5.32 Å². The van der Waals surface area contributed by atoms with Crippen LogP contribution in [0.1, 0.15) is 61.0 Å². The van der Waals surface area contributed by atoms with Crippen LogP contribution in [0.5, 0.6) is 0 Å². The summed E-state index contributed by atoms with van der Waals surface area (Å²) in [6, 6.07) is 19.0. The van der Waals surface area contributed by atoms with Crippen LogP contribution in [0.3, 0.4) is 0 Å². The lowest BCUT2D eigenvalue weighted by molar-refractivity contribution is 0.433. The highest BCUT2D eigenvalue weighted by Crippen LogP contribution is 2.33. The van der Waals surface area contributed by atoms with Crippen LogP contribution in [0, 0.1) is 0 Å². The Bertz CT molecular complexity index is 585. The van der Waals surface area contributed by atoms with Crippen molar-refractivity contribution >= 4 is 0 Å². The molecule has 0 aromatic heterocycles. The van der Waals surface area contributed by atoms with Crippen LogP contribution in [0.2, 0.25) is 0 Å². The summed E-state index contributed by atoms with van der Waals surface area (Å²) in [5.41, 5.74) is 5.85. The van der Waals surface area contributed by atoms with Crippen molar-refractivity contribution < 1.29 is 0 Å². The maximum absolute atomic E-state index is 3.88. The molecule has 1 N–H and O–H groups in total. The molecule has 0 amide bonds. The molecule has 2 aromatic carbocycles. The number of aryl methyl sites for hydroxylation is 2. The average molecular weight is 279 g/mol. The van der Waals surface area contributed by atoms with E-state index in [0.29, 0.717) is 12.1 Å². The van der Waals surface area contributed by atoms with Gasteiger partial charge in [-0.25, -0.2) is 0 Å². The average Bonchev–Trinajstić information content (AvgIpc) is 2.96. The van der Waals surface area contributed by atoms with E-state index in [-0.39, 0.29) is 0 Å². The molecule has 110 valence electrons. The summed E-state index contributed by atoms with van der Waals surface area (Å²) in [5.74, 6) is 0. The highest BCUT2D eigenvalue weighted by atomic mass is 15.0. The van der Waals surface area contributed by atoms with Crippen LogP contribution in [0.15, 0.2) is 48.5 Å². The van der Waals surface area contributed by atoms with Crippen LogP contribution in [-0.4, -0.2) is 0 Å². The van der Waals surface area contributed by atoms with Gasteiger partial charge in [0.05, 0.1) is 0 Å². The summed E-state index contributed by atoms with van der Waals surface area (Å²) in [7, 11) is 0. The third-order valence-electron chi connectivity index (χ3n) is 4.73. The fourth-order valence-electron chi connectivity index (χ4n) is 3.41. The van der Waals surface area contributed by atoms with Gasteiger partial charge in [-0.2, -0.15) is 0 Å². The molecule has 1 aliphatic carbocycles. The third kappa shape index (κ3) is 3.03. The molecule has 0 radical (unpaired) electrons. The predicted molar refractivity (Wildman–Crippen MR) is 89.5 cm³/mol. The zero-order chi connectivity index (χ0) is 14.7. The van der Waals surface area contributed by atoms with Crippen LogP contribution in [0.4, 0.5) is 0 Å². The molecule has 3 rings (SSSR count). The van der Waals surface area contributed by atoms with E-state index in [4.69, 9.17) is 0 Å². The summed E-state index contributed by atoms with van der Waals surface area (Å²) in [4.78, 5) is 0. The first kappa shape index (κ1) is 14.3. The topological polar surface area (TPSA) is 12.0 Å². The van der Waals surface area contributed by atoms with E-state index in [1.807, 2.05) is 0 Å². The molecular formula is C20H25N. The number of hydrogen-bond donors (Lipinski definition) is 1. The normalized spacial score (nSPS) is 18.5. The Hall–Kier alpha value is -1.60. The molecular weight excluding hydrogens is 254 g/mol. The SMILES string of the molecule is CCc1ccc(C(CC)NC2CCc3ccccc32)cc1. The van der Waals surface area contributed by atoms with E-state index in [9.17, 15) is 0 Å². The first-order chi connectivity index (χ1) is 10.3. The van der Waals surface area contributed by atoms with Crippen LogP contribution in [0.25, 0.3) is 0 Å². The van der Waals surface area contributed by atoms with Gasteiger partial charge in [-0.15, -0.1) is 0 Å². The molecule has 1 aliphatic rings. The van der Waals surface area contributed by atoms with Gasteiger partial charge in [0.1, 0.15) is 0 Å². The standard InChI is InChI=1S/C20H25N/c1-3-15-9-11-17(12-10-15)19(4-2)21-20-14-13-16-7-5-6-8-18(16)20/h5-12,19-21H,3-4,13-14H2,1-2H3. The second-order valence-electron chi connectivity index (χ2n) is 6.01. The first-order valence-corrected chi connectivity index (χ1v) is 8.24. The van der Waals surface area contributed by atoms with Gasteiger partial charge in [0.2, 0.25) is 0 Å². The molecule has 0 saturated heterocycles. The fourth-order valence-corrected chi connectivity index (χ4v) is 3.41. The highest BCUT2D eigenvalue weighted by Gasteiger charge is 2.24. The van der Waals surface area contributed by atoms with E-state index >= 15 is 0 Å². The third-order valence-corrected chi connectivity index (χ3v) is 4.73. The van der Waals surface area contributed by atoms with E-state index in [2.05, 4.69) is 67.7 Å². The van der Waals surface area contributed by atoms with Gasteiger partial charge in [-0.1, -0.05) is 62.4 Å². The molecule has 0 aliphatic heterocycles. The molecule has 0 bridgehead atoms. The Morgan fingerprint density at radius 3 is 2.52 bits per heavy atom. The molecule has 2 aromatic rings. The smallest absolute Gasteiger partial charge is 0.0331 e. The van der Waals surface area contributed by atoms with Gasteiger partial charge in [-0.3, -0.25) is 0 Å². The zero-order valence-electron chi connectivity index (χ0n) is 13.1. The number of hydrogen-bond acceptors (Lipinski definition) is 1. The van der Waals surface area contributed by atoms with Crippen LogP contribution >= 0.6 is 0 Å². The second-order valence-corrected chi connectivity index (χ2v) is 6.01. The van der Waals surface area contributed by atoms with Gasteiger partial charge < -0.3 is 5.32 Å². The van der Waals surface area contributed by atoms with Crippen molar-refractivity contribution in [1.29, 1.82) is 0 Å². The Labute approximate surface area is 128 Å². The van der Waals surface area contributed by atoms with Gasteiger partial charge in [0.15, 0.2) is 0 Å². The molecule has 0 fully saturated rings. The molecule has 0 saturated carbocycles. The summed E-state index contributed by atoms with van der Waals surface area (Å²) < 4.78 is 0. The Kier molecular flexibility index (Phi) is 4.40. The second kappa shape index (κ2) is 6.44. The Morgan fingerprint density at radius 1 is 1.05 bits per heavy atom. The lowest BCUT2D eigenvalue weighted by Crippen LogP contribution is -2.24. The molecule has 21 heavy (non-hydrogen) atoms. The largest absolute Gasteiger partial charge is 0.303 e. The van der Waals surface area contributed by atoms with Crippen molar-refractivity contribution in [3.05, 3.63) is 70.8 Å². The maximum Gasteiger partial charge on any atom is 0.0331 e. The minimum Gasteiger partial charge on any atom is -0.303 e. The van der Waals surface area contributed by atoms with Gasteiger partial charge in [0, 0.05) is 12.1 Å². The van der Waals surface area contributed by atoms with Gasteiger partial charge in [-0.05, 0) is 47.9 Å². The van der Waals surface area contributed by atoms with Crippen molar-refractivity contribution in [3.63, 3.8) is 0 Å². The van der Waals surface area contributed by atoms with Crippen molar-refractivity contribution in [3.8, 4) is 0 Å². The highest BCUT2D eigenvalue weighted by molar-refractivity contribution is 5.35. The van der Waals surface area contributed by atoms with Crippen LogP contribution in [-0.2, 0) is 12.8 Å². The van der Waals surface area contributed by atoms with E-state index in [0.717, 1.165) is 12.8 Å². The van der Waals surface area contributed by atoms with E-state index < -0.39 is 0 Å². The molecule has 1 nitrogen and oxygen atoms in total. The predicted octanol–water partition coefficient (Wildman–Crippen LogP) is 4.98. The van der Waals surface area contributed by atoms with Crippen molar-refractivity contribution in [2.24, 2.45) is 0 Å². The summed E-state index contributed by atoms with van der Waals surface area (Å²) >= 11 is 0. The number of nitrogens with one attached hydrogen (secondary N) is 1. The molecule has 2 atom stereocenters. The molecule has 0 spiro atoms. The molecule has 2 unspecified atom stereocenters. The first-order valence-electron chi connectivity index (χ1n) is 8.24. The lowest BCUT2D eigenvalue weighted by Gasteiger charge is -2.23. The lowest BCUT2D eigenvalue weighted by atomic mass is 9.99. The number of rotatable bonds is 5. The van der Waals surface area contributed by atoms with Crippen LogP contribution < -0.4 is 5.32 Å². The van der Waals surface area contributed by atoms with E-state index in [1.165, 1.54) is 35.1 Å². The fraction of sp³-hybridized carbons (Fsp3) is 0.400.